The maximum atomic E-state index is 12.2. The molecule has 4 atom stereocenters. The molecule has 1 heterocycles. The quantitative estimate of drug-likeness (QED) is 0.571. The average molecular weight is 274 g/mol. The van der Waals surface area contributed by atoms with Gasteiger partial charge in [-0.05, 0) is 26.2 Å². The number of rotatable bonds is 5. The predicted octanol–water partition coefficient (Wildman–Crippen LogP) is 2.81. The van der Waals surface area contributed by atoms with Crippen LogP contribution in [0.4, 0.5) is 0 Å². The van der Waals surface area contributed by atoms with Gasteiger partial charge in [-0.3, -0.25) is 4.57 Å². The van der Waals surface area contributed by atoms with Crippen molar-refractivity contribution >= 4 is 15.4 Å². The van der Waals surface area contributed by atoms with Crippen molar-refractivity contribution in [1.82, 2.24) is 0 Å². The van der Waals surface area contributed by atoms with Crippen LogP contribution < -0.4 is 0 Å². The van der Waals surface area contributed by atoms with E-state index in [1.165, 1.54) is 6.66 Å². The summed E-state index contributed by atoms with van der Waals surface area (Å²) in [4.78, 5) is 0. The Bertz CT molecular complexity index is 308. The monoisotopic (exact) mass is 274 g/mol. The first-order chi connectivity index (χ1) is 8.21. The minimum absolute atomic E-state index is 0.119. The summed E-state index contributed by atoms with van der Waals surface area (Å²) < 4.78 is 28.7. The molecule has 0 amide bonds. The fraction of sp³-hybridized carbons (Fsp3) is 1.00. The van der Waals surface area contributed by atoms with Crippen molar-refractivity contribution in [3.8, 4) is 0 Å². The lowest BCUT2D eigenvalue weighted by molar-refractivity contribution is -0.0619. The van der Waals surface area contributed by atoms with Crippen LogP contribution in [0.1, 0.15) is 34.1 Å². The molecule has 0 N–H and O–H groups in total. The molecule has 1 aliphatic rings. The fourth-order valence-corrected chi connectivity index (χ4v) is 3.76. The summed E-state index contributed by atoms with van der Waals surface area (Å²) in [5.41, 5.74) is 0. The van der Waals surface area contributed by atoms with Gasteiger partial charge >= 0.3 is 7.60 Å². The van der Waals surface area contributed by atoms with Crippen molar-refractivity contribution in [2.24, 2.45) is 11.8 Å². The first-order valence-electron chi connectivity index (χ1n) is 6.52. The van der Waals surface area contributed by atoms with Gasteiger partial charge in [-0.25, -0.2) is 0 Å². The van der Waals surface area contributed by atoms with E-state index in [4.69, 9.17) is 21.6 Å². The molecule has 1 saturated heterocycles. The van der Waals surface area contributed by atoms with Crippen LogP contribution in [0.3, 0.4) is 0 Å². The topological polar surface area (TPSA) is 44.8 Å². The molecule has 0 saturated carbocycles. The lowest BCUT2D eigenvalue weighted by atomic mass is 9.81. The van der Waals surface area contributed by atoms with Crippen LogP contribution in [0.2, 0.25) is 0 Å². The van der Waals surface area contributed by atoms with E-state index in [2.05, 4.69) is 13.8 Å². The number of ether oxygens (including phenoxy) is 1. The molecular formula is C12H24BO4P. The minimum atomic E-state index is -3.03. The summed E-state index contributed by atoms with van der Waals surface area (Å²) in [6.45, 7) is 9.96. The normalized spacial score (nSPS) is 32.7. The van der Waals surface area contributed by atoms with Gasteiger partial charge in [-0.1, -0.05) is 13.8 Å². The Labute approximate surface area is 112 Å². The molecule has 2 radical (unpaired) electrons. The molecule has 1 fully saturated rings. The standard InChI is InChI=1S/C12H24BO4P/c1-8(2)10-7-15-12(13)6-11(10)17-18(5,14)16-9(3)4/h8-12H,6-7H2,1-5H3. The zero-order chi connectivity index (χ0) is 13.9. The molecule has 4 nitrogen and oxygen atoms in total. The van der Waals surface area contributed by atoms with E-state index in [0.717, 1.165) is 0 Å². The van der Waals surface area contributed by atoms with Gasteiger partial charge in [0.05, 0.1) is 18.8 Å². The summed E-state index contributed by atoms with van der Waals surface area (Å²) in [6, 6.07) is -0.343. The van der Waals surface area contributed by atoms with Crippen LogP contribution >= 0.6 is 7.60 Å². The van der Waals surface area contributed by atoms with E-state index in [0.29, 0.717) is 18.9 Å². The fourth-order valence-electron chi connectivity index (χ4n) is 2.21. The maximum Gasteiger partial charge on any atom is 0.328 e. The van der Waals surface area contributed by atoms with Crippen LogP contribution in [-0.2, 0) is 18.3 Å². The largest absolute Gasteiger partial charge is 0.387 e. The Morgan fingerprint density at radius 1 is 1.33 bits per heavy atom. The van der Waals surface area contributed by atoms with Crippen molar-refractivity contribution in [2.75, 3.05) is 13.3 Å². The summed E-state index contributed by atoms with van der Waals surface area (Å²) in [5, 5.41) is 0. The van der Waals surface area contributed by atoms with E-state index in [1.54, 1.807) is 0 Å². The second-order valence-electron chi connectivity index (χ2n) is 5.58. The second-order valence-corrected chi connectivity index (χ2v) is 7.55. The molecule has 0 bridgehead atoms. The van der Waals surface area contributed by atoms with Crippen molar-refractivity contribution in [1.29, 1.82) is 0 Å². The number of hydrogen-bond donors (Lipinski definition) is 0. The Morgan fingerprint density at radius 3 is 2.44 bits per heavy atom. The first-order valence-corrected chi connectivity index (χ1v) is 8.51. The van der Waals surface area contributed by atoms with Gasteiger partial charge in [-0.2, -0.15) is 0 Å². The van der Waals surface area contributed by atoms with Crippen molar-refractivity contribution in [2.45, 2.75) is 52.3 Å². The van der Waals surface area contributed by atoms with E-state index < -0.39 is 7.60 Å². The van der Waals surface area contributed by atoms with Crippen LogP contribution in [0.5, 0.6) is 0 Å². The lowest BCUT2D eigenvalue weighted by Crippen LogP contribution is -2.41. The van der Waals surface area contributed by atoms with Crippen molar-refractivity contribution in [3.63, 3.8) is 0 Å². The number of hydrogen-bond acceptors (Lipinski definition) is 4. The van der Waals surface area contributed by atoms with Crippen LogP contribution in [0.25, 0.3) is 0 Å². The molecular weight excluding hydrogens is 250 g/mol. The molecule has 0 aromatic rings. The third-order valence-electron chi connectivity index (χ3n) is 3.03. The van der Waals surface area contributed by atoms with Crippen molar-refractivity contribution in [3.05, 3.63) is 0 Å². The van der Waals surface area contributed by atoms with Gasteiger partial charge in [0.2, 0.25) is 0 Å². The van der Waals surface area contributed by atoms with Crippen LogP contribution in [0, 0.1) is 11.8 Å². The molecule has 104 valence electrons. The van der Waals surface area contributed by atoms with E-state index >= 15 is 0 Å². The smallest absolute Gasteiger partial charge is 0.328 e. The summed E-state index contributed by atoms with van der Waals surface area (Å²) >= 11 is 0. The average Bonchev–Trinajstić information content (AvgIpc) is 2.13. The lowest BCUT2D eigenvalue weighted by Gasteiger charge is -2.38. The molecule has 0 aromatic carbocycles. The zero-order valence-electron chi connectivity index (χ0n) is 12.0. The first kappa shape index (κ1) is 16.2. The highest BCUT2D eigenvalue weighted by molar-refractivity contribution is 7.53. The third kappa shape index (κ3) is 5.04. The highest BCUT2D eigenvalue weighted by Crippen LogP contribution is 2.49. The van der Waals surface area contributed by atoms with E-state index in [9.17, 15) is 4.57 Å². The highest BCUT2D eigenvalue weighted by Gasteiger charge is 2.36. The van der Waals surface area contributed by atoms with Crippen LogP contribution in [0.15, 0.2) is 0 Å². The Kier molecular flexibility index (Phi) is 5.91. The van der Waals surface area contributed by atoms with Gasteiger partial charge in [-0.15, -0.1) is 0 Å². The third-order valence-corrected chi connectivity index (χ3v) is 4.49. The Morgan fingerprint density at radius 2 is 1.94 bits per heavy atom. The van der Waals surface area contributed by atoms with Crippen LogP contribution in [-0.4, -0.2) is 39.3 Å². The molecule has 1 aliphatic heterocycles. The molecule has 6 heteroatoms. The Balaban J connectivity index is 2.68. The van der Waals surface area contributed by atoms with Gasteiger partial charge in [0.1, 0.15) is 7.85 Å². The summed E-state index contributed by atoms with van der Waals surface area (Å²) in [7, 11) is 2.74. The molecule has 18 heavy (non-hydrogen) atoms. The summed E-state index contributed by atoms with van der Waals surface area (Å²) in [6.07, 6.45) is 0.275. The minimum Gasteiger partial charge on any atom is -0.387 e. The molecule has 1 rings (SSSR count). The molecule has 4 unspecified atom stereocenters. The SMILES string of the molecule is [B]C1CC(OP(C)(=O)OC(C)C)C(C(C)C)CO1. The van der Waals surface area contributed by atoms with Crippen molar-refractivity contribution < 1.29 is 18.3 Å². The van der Waals surface area contributed by atoms with E-state index in [-0.39, 0.29) is 24.1 Å². The molecule has 0 aromatic heterocycles. The van der Waals surface area contributed by atoms with Gasteiger partial charge in [0, 0.05) is 18.6 Å². The Hall–Kier alpha value is 0.175. The maximum absolute atomic E-state index is 12.2. The zero-order valence-corrected chi connectivity index (χ0v) is 12.9. The van der Waals surface area contributed by atoms with E-state index in [1.807, 2.05) is 13.8 Å². The van der Waals surface area contributed by atoms with Gasteiger partial charge in [0.25, 0.3) is 0 Å². The van der Waals surface area contributed by atoms with Gasteiger partial charge < -0.3 is 13.8 Å². The second kappa shape index (κ2) is 6.56. The predicted molar refractivity (Wildman–Crippen MR) is 73.1 cm³/mol. The highest BCUT2D eigenvalue weighted by atomic mass is 31.2. The summed E-state index contributed by atoms with van der Waals surface area (Å²) in [5.74, 6) is 0.593. The molecule has 0 spiro atoms. The van der Waals surface area contributed by atoms with Gasteiger partial charge in [0.15, 0.2) is 0 Å². The molecule has 0 aliphatic carbocycles.